The number of fused-ring (bicyclic) bond motifs is 1. The maximum atomic E-state index is 14.2. The van der Waals surface area contributed by atoms with Crippen molar-refractivity contribution >= 4 is 11.5 Å². The van der Waals surface area contributed by atoms with Crippen LogP contribution in [0.5, 0.6) is 5.75 Å². The number of aryl methyl sites for hydroxylation is 2. The first-order chi connectivity index (χ1) is 13.1. The molecular weight excluding hydrogens is 347 g/mol. The molecule has 0 saturated heterocycles. The zero-order valence-electron chi connectivity index (χ0n) is 15.2. The number of hydrogen-bond donors (Lipinski definition) is 2. The van der Waals surface area contributed by atoms with E-state index in [2.05, 4.69) is 25.7 Å². The van der Waals surface area contributed by atoms with Gasteiger partial charge in [-0.1, -0.05) is 6.07 Å². The molecule has 0 spiro atoms. The second kappa shape index (κ2) is 6.71. The van der Waals surface area contributed by atoms with E-state index in [1.807, 2.05) is 30.4 Å². The van der Waals surface area contributed by atoms with Crippen molar-refractivity contribution < 1.29 is 9.13 Å². The SMILES string of the molecule is COc1cccc(F)c1CNc1ccc(-c2c(C)n[nH]c2C)c2nncn12. The van der Waals surface area contributed by atoms with Crippen LogP contribution in [0.3, 0.4) is 0 Å². The summed E-state index contributed by atoms with van der Waals surface area (Å²) in [6.45, 7) is 4.19. The molecule has 138 valence electrons. The van der Waals surface area contributed by atoms with Crippen molar-refractivity contribution in [3.05, 3.63) is 59.4 Å². The minimum Gasteiger partial charge on any atom is -0.496 e. The van der Waals surface area contributed by atoms with Crippen molar-refractivity contribution in [1.29, 1.82) is 0 Å². The summed E-state index contributed by atoms with van der Waals surface area (Å²) in [6, 6.07) is 8.67. The van der Waals surface area contributed by atoms with Gasteiger partial charge in [0.1, 0.15) is 23.7 Å². The first-order valence-corrected chi connectivity index (χ1v) is 8.50. The first kappa shape index (κ1) is 17.0. The van der Waals surface area contributed by atoms with E-state index in [0.29, 0.717) is 17.0 Å². The standard InChI is InChI=1S/C19H19FN6O/c1-11-18(12(2)24-23-11)13-7-8-17(26-10-22-25-19(13)26)21-9-14-15(20)5-4-6-16(14)27-3/h4-8,10,21H,9H2,1-3H3,(H,23,24). The topological polar surface area (TPSA) is 80.1 Å². The van der Waals surface area contributed by atoms with Gasteiger partial charge in [-0.2, -0.15) is 5.10 Å². The Morgan fingerprint density at radius 3 is 2.81 bits per heavy atom. The van der Waals surface area contributed by atoms with Crippen LogP contribution in [-0.2, 0) is 6.54 Å². The molecule has 0 aliphatic carbocycles. The number of aromatic nitrogens is 5. The third-order valence-corrected chi connectivity index (χ3v) is 4.60. The molecule has 0 aliphatic heterocycles. The van der Waals surface area contributed by atoms with Gasteiger partial charge in [-0.05, 0) is 38.1 Å². The average molecular weight is 366 g/mol. The number of ether oxygens (including phenoxy) is 1. The van der Waals surface area contributed by atoms with Crippen LogP contribution in [0.15, 0.2) is 36.7 Å². The molecule has 0 fully saturated rings. The molecule has 0 unspecified atom stereocenters. The summed E-state index contributed by atoms with van der Waals surface area (Å²) in [5.41, 5.74) is 4.98. The normalized spacial score (nSPS) is 11.1. The highest BCUT2D eigenvalue weighted by molar-refractivity contribution is 5.81. The molecular formula is C19H19FN6O. The van der Waals surface area contributed by atoms with Gasteiger partial charge in [-0.3, -0.25) is 9.50 Å². The van der Waals surface area contributed by atoms with Gasteiger partial charge in [0.05, 0.1) is 12.8 Å². The van der Waals surface area contributed by atoms with Gasteiger partial charge in [-0.15, -0.1) is 10.2 Å². The number of H-pyrrole nitrogens is 1. The first-order valence-electron chi connectivity index (χ1n) is 8.50. The summed E-state index contributed by atoms with van der Waals surface area (Å²) < 4.78 is 21.3. The molecule has 1 aromatic carbocycles. The van der Waals surface area contributed by atoms with Gasteiger partial charge in [0.15, 0.2) is 5.65 Å². The van der Waals surface area contributed by atoms with E-state index >= 15 is 0 Å². The highest BCUT2D eigenvalue weighted by Crippen LogP contribution is 2.30. The Labute approximate surface area is 155 Å². The quantitative estimate of drug-likeness (QED) is 0.565. The van der Waals surface area contributed by atoms with Crippen molar-refractivity contribution in [2.24, 2.45) is 0 Å². The summed E-state index contributed by atoms with van der Waals surface area (Å²) in [6.07, 6.45) is 1.63. The van der Waals surface area contributed by atoms with Crippen LogP contribution >= 0.6 is 0 Å². The van der Waals surface area contributed by atoms with Crippen LogP contribution in [0.4, 0.5) is 10.2 Å². The number of pyridine rings is 1. The van der Waals surface area contributed by atoms with Gasteiger partial charge < -0.3 is 10.1 Å². The van der Waals surface area contributed by atoms with Gasteiger partial charge in [-0.25, -0.2) is 4.39 Å². The maximum absolute atomic E-state index is 14.2. The molecule has 0 saturated carbocycles. The minimum atomic E-state index is -0.317. The highest BCUT2D eigenvalue weighted by Gasteiger charge is 2.16. The number of halogens is 1. The smallest absolute Gasteiger partial charge is 0.170 e. The molecule has 0 amide bonds. The summed E-state index contributed by atoms with van der Waals surface area (Å²) in [4.78, 5) is 0. The van der Waals surface area contributed by atoms with Crippen molar-refractivity contribution in [2.45, 2.75) is 20.4 Å². The second-order valence-electron chi connectivity index (χ2n) is 6.24. The average Bonchev–Trinajstić information content (AvgIpc) is 3.28. The Hall–Kier alpha value is -3.42. The number of hydrogen-bond acceptors (Lipinski definition) is 5. The predicted molar refractivity (Wildman–Crippen MR) is 100 cm³/mol. The second-order valence-corrected chi connectivity index (χ2v) is 6.24. The van der Waals surface area contributed by atoms with Crippen molar-refractivity contribution in [3.63, 3.8) is 0 Å². The van der Waals surface area contributed by atoms with E-state index in [4.69, 9.17) is 4.74 Å². The predicted octanol–water partition coefficient (Wildman–Crippen LogP) is 3.50. The minimum absolute atomic E-state index is 0.270. The Bertz CT molecular complexity index is 1100. The van der Waals surface area contributed by atoms with E-state index in [-0.39, 0.29) is 12.4 Å². The lowest BCUT2D eigenvalue weighted by Crippen LogP contribution is -2.07. The fraction of sp³-hybridized carbons (Fsp3) is 0.211. The van der Waals surface area contributed by atoms with Gasteiger partial charge in [0, 0.05) is 28.9 Å². The molecule has 7 nitrogen and oxygen atoms in total. The number of aromatic amines is 1. The molecule has 8 heteroatoms. The van der Waals surface area contributed by atoms with Crippen LogP contribution in [-0.4, -0.2) is 31.9 Å². The zero-order chi connectivity index (χ0) is 19.0. The largest absolute Gasteiger partial charge is 0.496 e. The van der Waals surface area contributed by atoms with E-state index in [0.717, 1.165) is 28.3 Å². The van der Waals surface area contributed by atoms with E-state index < -0.39 is 0 Å². The third kappa shape index (κ3) is 2.88. The number of nitrogens with zero attached hydrogens (tertiary/aromatic N) is 4. The molecule has 2 N–H and O–H groups in total. The number of methoxy groups -OCH3 is 1. The van der Waals surface area contributed by atoms with Crippen molar-refractivity contribution in [2.75, 3.05) is 12.4 Å². The lowest BCUT2D eigenvalue weighted by Gasteiger charge is -2.13. The molecule has 0 atom stereocenters. The van der Waals surface area contributed by atoms with Crippen LogP contribution in [0.2, 0.25) is 0 Å². The lowest BCUT2D eigenvalue weighted by molar-refractivity contribution is 0.405. The molecule has 4 rings (SSSR count). The molecule has 0 aliphatic rings. The van der Waals surface area contributed by atoms with Crippen LogP contribution in [0.1, 0.15) is 17.0 Å². The van der Waals surface area contributed by atoms with Crippen molar-refractivity contribution in [3.8, 4) is 16.9 Å². The maximum Gasteiger partial charge on any atom is 0.170 e. The fourth-order valence-corrected chi connectivity index (χ4v) is 3.28. The van der Waals surface area contributed by atoms with Gasteiger partial charge in [0.25, 0.3) is 0 Å². The Kier molecular flexibility index (Phi) is 4.23. The lowest BCUT2D eigenvalue weighted by atomic mass is 10.1. The molecule has 4 aromatic rings. The molecule has 3 aromatic heterocycles. The Morgan fingerprint density at radius 1 is 1.22 bits per heavy atom. The summed E-state index contributed by atoms with van der Waals surface area (Å²) >= 11 is 0. The number of benzene rings is 1. The summed E-state index contributed by atoms with van der Waals surface area (Å²) in [5.74, 6) is 0.940. The van der Waals surface area contributed by atoms with Crippen LogP contribution in [0.25, 0.3) is 16.8 Å². The number of nitrogens with one attached hydrogen (secondary N) is 2. The zero-order valence-corrected chi connectivity index (χ0v) is 15.2. The Morgan fingerprint density at radius 2 is 2.07 bits per heavy atom. The Balaban J connectivity index is 1.71. The number of rotatable bonds is 5. The van der Waals surface area contributed by atoms with E-state index in [1.54, 1.807) is 18.5 Å². The fourth-order valence-electron chi connectivity index (χ4n) is 3.28. The van der Waals surface area contributed by atoms with E-state index in [9.17, 15) is 4.39 Å². The highest BCUT2D eigenvalue weighted by atomic mass is 19.1. The summed E-state index contributed by atoms with van der Waals surface area (Å²) in [5, 5.41) is 18.8. The third-order valence-electron chi connectivity index (χ3n) is 4.60. The molecule has 0 bridgehead atoms. The molecule has 3 heterocycles. The van der Waals surface area contributed by atoms with Gasteiger partial charge in [0.2, 0.25) is 0 Å². The molecule has 27 heavy (non-hydrogen) atoms. The molecule has 0 radical (unpaired) electrons. The van der Waals surface area contributed by atoms with Crippen molar-refractivity contribution in [1.82, 2.24) is 24.8 Å². The number of anilines is 1. The summed E-state index contributed by atoms with van der Waals surface area (Å²) in [7, 11) is 1.53. The van der Waals surface area contributed by atoms with Crippen LogP contribution in [0, 0.1) is 19.7 Å². The van der Waals surface area contributed by atoms with E-state index in [1.165, 1.54) is 13.2 Å². The monoisotopic (exact) mass is 366 g/mol. The van der Waals surface area contributed by atoms with Gasteiger partial charge >= 0.3 is 0 Å². The van der Waals surface area contributed by atoms with Crippen LogP contribution < -0.4 is 10.1 Å².